The van der Waals surface area contributed by atoms with E-state index in [1.165, 1.54) is 6.33 Å². The molecule has 126 valence electrons. The number of nitrogens with two attached hydrogens (primary N) is 1. The number of amides is 1. The first-order valence-corrected chi connectivity index (χ1v) is 8.34. The molecule has 0 radical (unpaired) electrons. The maximum absolute atomic E-state index is 12.6. The Bertz CT molecular complexity index is 564. The Kier molecular flexibility index (Phi) is 4.77. The molecule has 7 nitrogen and oxygen atoms in total. The van der Waals surface area contributed by atoms with Gasteiger partial charge in [-0.2, -0.15) is 0 Å². The Morgan fingerprint density at radius 3 is 2.48 bits per heavy atom. The third-order valence-corrected chi connectivity index (χ3v) is 5.09. The monoisotopic (exact) mass is 319 g/mol. The SMILES string of the molecule is Cc1c(N)ncnc1C(=O)N1CCC(N2CCC(O)CC2)CC1. The van der Waals surface area contributed by atoms with E-state index in [0.29, 0.717) is 23.1 Å². The average Bonchev–Trinajstić information content (AvgIpc) is 2.58. The molecule has 1 amide bonds. The number of piperidine rings is 2. The molecule has 0 bridgehead atoms. The van der Waals surface area contributed by atoms with Gasteiger partial charge in [-0.3, -0.25) is 4.79 Å². The summed E-state index contributed by atoms with van der Waals surface area (Å²) in [6.45, 7) is 5.19. The number of aromatic nitrogens is 2. The van der Waals surface area contributed by atoms with Crippen LogP contribution in [-0.4, -0.2) is 69.1 Å². The van der Waals surface area contributed by atoms with Crippen molar-refractivity contribution in [3.8, 4) is 0 Å². The normalized spacial score (nSPS) is 21.6. The van der Waals surface area contributed by atoms with E-state index in [2.05, 4.69) is 14.9 Å². The molecule has 0 aliphatic carbocycles. The van der Waals surface area contributed by atoms with Crippen molar-refractivity contribution < 1.29 is 9.90 Å². The van der Waals surface area contributed by atoms with E-state index in [-0.39, 0.29) is 12.0 Å². The van der Waals surface area contributed by atoms with Gasteiger partial charge in [0.25, 0.3) is 5.91 Å². The highest BCUT2D eigenvalue weighted by Gasteiger charge is 2.30. The van der Waals surface area contributed by atoms with Gasteiger partial charge in [-0.25, -0.2) is 9.97 Å². The van der Waals surface area contributed by atoms with Crippen molar-refractivity contribution in [2.75, 3.05) is 31.9 Å². The highest BCUT2D eigenvalue weighted by atomic mass is 16.3. The topological polar surface area (TPSA) is 95.6 Å². The van der Waals surface area contributed by atoms with Crippen LogP contribution in [0, 0.1) is 6.92 Å². The van der Waals surface area contributed by atoms with Crippen molar-refractivity contribution in [1.29, 1.82) is 0 Å². The van der Waals surface area contributed by atoms with E-state index in [0.717, 1.165) is 51.9 Å². The quantitative estimate of drug-likeness (QED) is 0.821. The first kappa shape index (κ1) is 16.1. The fourth-order valence-corrected chi connectivity index (χ4v) is 3.51. The number of rotatable bonds is 2. The van der Waals surface area contributed by atoms with Crippen LogP contribution in [0.2, 0.25) is 0 Å². The molecule has 1 aromatic heterocycles. The summed E-state index contributed by atoms with van der Waals surface area (Å²) in [6.07, 6.45) is 4.88. The van der Waals surface area contributed by atoms with E-state index in [9.17, 15) is 9.90 Å². The number of carbonyl (C=O) groups excluding carboxylic acids is 1. The van der Waals surface area contributed by atoms with E-state index in [1.54, 1.807) is 6.92 Å². The molecular formula is C16H25N5O2. The number of anilines is 1. The summed E-state index contributed by atoms with van der Waals surface area (Å²) >= 11 is 0. The van der Waals surface area contributed by atoms with Crippen LogP contribution in [0.15, 0.2) is 6.33 Å². The van der Waals surface area contributed by atoms with Gasteiger partial charge in [0.2, 0.25) is 0 Å². The van der Waals surface area contributed by atoms with Crippen molar-refractivity contribution >= 4 is 11.7 Å². The molecule has 7 heteroatoms. The third-order valence-electron chi connectivity index (χ3n) is 5.09. The van der Waals surface area contributed by atoms with Crippen LogP contribution >= 0.6 is 0 Å². The minimum atomic E-state index is -0.140. The molecule has 0 unspecified atom stereocenters. The van der Waals surface area contributed by atoms with Crippen LogP contribution in [-0.2, 0) is 0 Å². The zero-order valence-corrected chi connectivity index (χ0v) is 13.6. The predicted octanol–water partition coefficient (Wildman–Crippen LogP) is 0.429. The van der Waals surface area contributed by atoms with E-state index < -0.39 is 0 Å². The molecule has 3 rings (SSSR count). The number of hydrogen-bond donors (Lipinski definition) is 2. The maximum Gasteiger partial charge on any atom is 0.272 e. The molecule has 1 aromatic rings. The molecular weight excluding hydrogens is 294 g/mol. The summed E-state index contributed by atoms with van der Waals surface area (Å²) in [5, 5.41) is 9.61. The van der Waals surface area contributed by atoms with Crippen LogP contribution in [0.1, 0.15) is 41.7 Å². The third kappa shape index (κ3) is 3.45. The average molecular weight is 319 g/mol. The maximum atomic E-state index is 12.6. The van der Waals surface area contributed by atoms with Crippen molar-refractivity contribution in [1.82, 2.24) is 19.8 Å². The van der Waals surface area contributed by atoms with Gasteiger partial charge in [0, 0.05) is 37.8 Å². The second kappa shape index (κ2) is 6.80. The van der Waals surface area contributed by atoms with E-state index >= 15 is 0 Å². The minimum absolute atomic E-state index is 0.0517. The lowest BCUT2D eigenvalue weighted by molar-refractivity contribution is 0.0355. The first-order chi connectivity index (χ1) is 11.1. The lowest BCUT2D eigenvalue weighted by atomic mass is 9.98. The fourth-order valence-electron chi connectivity index (χ4n) is 3.51. The molecule has 2 aliphatic rings. The van der Waals surface area contributed by atoms with Crippen molar-refractivity contribution in [3.63, 3.8) is 0 Å². The van der Waals surface area contributed by atoms with Crippen LogP contribution in [0.4, 0.5) is 5.82 Å². The predicted molar refractivity (Wildman–Crippen MR) is 86.9 cm³/mol. The Hall–Kier alpha value is -1.73. The Balaban J connectivity index is 1.58. The van der Waals surface area contributed by atoms with Crippen LogP contribution in [0.5, 0.6) is 0 Å². The zero-order valence-electron chi connectivity index (χ0n) is 13.6. The molecule has 0 aromatic carbocycles. The second-order valence-corrected chi connectivity index (χ2v) is 6.52. The van der Waals surface area contributed by atoms with Crippen LogP contribution in [0.25, 0.3) is 0 Å². The van der Waals surface area contributed by atoms with E-state index in [1.807, 2.05) is 4.90 Å². The summed E-state index contributed by atoms with van der Waals surface area (Å²) in [4.78, 5) is 25.0. The molecule has 2 saturated heterocycles. The van der Waals surface area contributed by atoms with Gasteiger partial charge in [0.1, 0.15) is 17.8 Å². The molecule has 0 atom stereocenters. The van der Waals surface area contributed by atoms with Gasteiger partial charge in [-0.1, -0.05) is 0 Å². The highest BCUT2D eigenvalue weighted by Crippen LogP contribution is 2.22. The van der Waals surface area contributed by atoms with Gasteiger partial charge in [0.15, 0.2) is 0 Å². The fraction of sp³-hybridized carbons (Fsp3) is 0.688. The van der Waals surface area contributed by atoms with Gasteiger partial charge >= 0.3 is 0 Å². The van der Waals surface area contributed by atoms with Crippen LogP contribution < -0.4 is 5.73 Å². The standard InChI is InChI=1S/C16H25N5O2/c1-11-14(18-10-19-15(11)17)16(23)21-6-2-12(3-7-21)20-8-4-13(22)5-9-20/h10,12-13,22H,2-9H2,1H3,(H2,17,18,19). The first-order valence-electron chi connectivity index (χ1n) is 8.34. The molecule has 3 N–H and O–H groups in total. The van der Waals surface area contributed by atoms with Crippen LogP contribution in [0.3, 0.4) is 0 Å². The van der Waals surface area contributed by atoms with E-state index in [4.69, 9.17) is 5.73 Å². The molecule has 0 saturated carbocycles. The summed E-state index contributed by atoms with van der Waals surface area (Å²) in [6, 6.07) is 0.517. The summed E-state index contributed by atoms with van der Waals surface area (Å²) < 4.78 is 0. The van der Waals surface area contributed by atoms with Crippen molar-refractivity contribution in [2.24, 2.45) is 0 Å². The Labute approximate surface area is 136 Å². The van der Waals surface area contributed by atoms with Crippen molar-refractivity contribution in [3.05, 3.63) is 17.6 Å². The second-order valence-electron chi connectivity index (χ2n) is 6.52. The molecule has 0 spiro atoms. The van der Waals surface area contributed by atoms with Gasteiger partial charge in [-0.15, -0.1) is 0 Å². The van der Waals surface area contributed by atoms with Crippen molar-refractivity contribution in [2.45, 2.75) is 44.8 Å². The molecule has 2 aliphatic heterocycles. The summed E-state index contributed by atoms with van der Waals surface area (Å²) in [7, 11) is 0. The Morgan fingerprint density at radius 2 is 1.83 bits per heavy atom. The molecule has 2 fully saturated rings. The number of nitrogens with zero attached hydrogens (tertiary/aromatic N) is 4. The minimum Gasteiger partial charge on any atom is -0.393 e. The number of aliphatic hydroxyl groups is 1. The molecule has 3 heterocycles. The molecule has 23 heavy (non-hydrogen) atoms. The largest absolute Gasteiger partial charge is 0.393 e. The lowest BCUT2D eigenvalue weighted by Gasteiger charge is -2.41. The summed E-state index contributed by atoms with van der Waals surface area (Å²) in [5.41, 5.74) is 6.84. The number of aliphatic hydroxyl groups excluding tert-OH is 1. The van der Waals surface area contributed by atoms with Gasteiger partial charge in [-0.05, 0) is 32.6 Å². The van der Waals surface area contributed by atoms with Gasteiger partial charge in [0.05, 0.1) is 6.10 Å². The Morgan fingerprint density at radius 1 is 1.17 bits per heavy atom. The van der Waals surface area contributed by atoms with Gasteiger partial charge < -0.3 is 20.6 Å². The zero-order chi connectivity index (χ0) is 16.4. The summed E-state index contributed by atoms with van der Waals surface area (Å²) in [5.74, 6) is 0.314. The highest BCUT2D eigenvalue weighted by molar-refractivity contribution is 5.94. The number of hydrogen-bond acceptors (Lipinski definition) is 6. The number of nitrogen functional groups attached to an aromatic ring is 1. The lowest BCUT2D eigenvalue weighted by Crippen LogP contribution is -2.49. The number of likely N-dealkylation sites (tertiary alicyclic amines) is 2. The number of carbonyl (C=O) groups is 1. The smallest absolute Gasteiger partial charge is 0.272 e.